The van der Waals surface area contributed by atoms with Gasteiger partial charge < -0.3 is 10.2 Å². The van der Waals surface area contributed by atoms with E-state index in [1.165, 1.54) is 11.3 Å². The Morgan fingerprint density at radius 1 is 1.44 bits per heavy atom. The van der Waals surface area contributed by atoms with Crippen molar-refractivity contribution in [3.8, 4) is 0 Å². The second-order valence-electron chi connectivity index (χ2n) is 3.69. The monoisotopic (exact) mass is 253 g/mol. The summed E-state index contributed by atoms with van der Waals surface area (Å²) < 4.78 is 35.5. The maximum atomic E-state index is 11.8. The molecule has 3 nitrogen and oxygen atoms in total. The third-order valence-electron chi connectivity index (χ3n) is 1.68. The summed E-state index contributed by atoms with van der Waals surface area (Å²) in [5, 5.41) is 5.00. The van der Waals surface area contributed by atoms with E-state index < -0.39 is 12.7 Å². The van der Waals surface area contributed by atoms with Crippen LogP contribution in [0.2, 0.25) is 0 Å². The second-order valence-corrected chi connectivity index (χ2v) is 4.63. The van der Waals surface area contributed by atoms with Gasteiger partial charge in [0.05, 0.1) is 12.2 Å². The minimum atomic E-state index is -4.16. The highest BCUT2D eigenvalue weighted by molar-refractivity contribution is 7.09. The SMILES string of the molecule is CN(C)Cc1nc(CNCC(F)(F)F)cs1. The number of nitrogens with one attached hydrogen (secondary N) is 1. The zero-order valence-electron chi connectivity index (χ0n) is 9.14. The number of thiazole rings is 1. The highest BCUT2D eigenvalue weighted by Gasteiger charge is 2.26. The fraction of sp³-hybridized carbons (Fsp3) is 0.667. The van der Waals surface area contributed by atoms with Gasteiger partial charge in [-0.1, -0.05) is 0 Å². The van der Waals surface area contributed by atoms with Crippen molar-refractivity contribution in [1.82, 2.24) is 15.2 Å². The van der Waals surface area contributed by atoms with E-state index >= 15 is 0 Å². The highest BCUT2D eigenvalue weighted by atomic mass is 32.1. The molecule has 0 aliphatic heterocycles. The van der Waals surface area contributed by atoms with E-state index in [1.54, 1.807) is 5.38 Å². The number of alkyl halides is 3. The molecule has 92 valence electrons. The third kappa shape index (κ3) is 5.43. The summed E-state index contributed by atoms with van der Waals surface area (Å²) in [6.07, 6.45) is -4.16. The molecule has 1 rings (SSSR count). The van der Waals surface area contributed by atoms with Gasteiger partial charge in [0.15, 0.2) is 0 Å². The number of aromatic nitrogens is 1. The minimum absolute atomic E-state index is 0.156. The van der Waals surface area contributed by atoms with Crippen LogP contribution in [0.25, 0.3) is 0 Å². The van der Waals surface area contributed by atoms with Crippen molar-refractivity contribution in [1.29, 1.82) is 0 Å². The standard InChI is InChI=1S/C9H14F3N3S/c1-15(2)4-8-14-7(5-16-8)3-13-6-9(10,11)12/h5,13H,3-4,6H2,1-2H3. The predicted molar refractivity (Wildman–Crippen MR) is 57.3 cm³/mol. The summed E-state index contributed by atoms with van der Waals surface area (Å²) in [7, 11) is 3.84. The molecule has 0 aromatic carbocycles. The summed E-state index contributed by atoms with van der Waals surface area (Å²) in [5.74, 6) is 0. The molecule has 0 atom stereocenters. The van der Waals surface area contributed by atoms with Crippen LogP contribution in [0.1, 0.15) is 10.7 Å². The second kappa shape index (κ2) is 5.60. The molecular weight excluding hydrogens is 239 g/mol. The molecule has 7 heteroatoms. The molecule has 1 N–H and O–H groups in total. The Morgan fingerprint density at radius 2 is 2.12 bits per heavy atom. The Hall–Kier alpha value is -0.660. The lowest BCUT2D eigenvalue weighted by molar-refractivity contribution is -0.125. The molecule has 1 aromatic rings. The molecule has 16 heavy (non-hydrogen) atoms. The first-order chi connectivity index (χ1) is 7.37. The molecule has 0 fully saturated rings. The van der Waals surface area contributed by atoms with E-state index in [0.29, 0.717) is 12.2 Å². The summed E-state index contributed by atoms with van der Waals surface area (Å²) in [6, 6.07) is 0. The van der Waals surface area contributed by atoms with Gasteiger partial charge in [-0.2, -0.15) is 13.2 Å². The molecule has 0 saturated carbocycles. The van der Waals surface area contributed by atoms with E-state index in [1.807, 2.05) is 19.0 Å². The molecule has 0 radical (unpaired) electrons. The summed E-state index contributed by atoms with van der Waals surface area (Å²) in [4.78, 5) is 6.18. The van der Waals surface area contributed by atoms with Crippen molar-refractivity contribution >= 4 is 11.3 Å². The first kappa shape index (κ1) is 13.4. The third-order valence-corrected chi connectivity index (χ3v) is 2.56. The molecule has 0 bridgehead atoms. The number of nitrogens with zero attached hydrogens (tertiary/aromatic N) is 2. The molecule has 0 saturated heterocycles. The van der Waals surface area contributed by atoms with Crippen LogP contribution in [0.15, 0.2) is 5.38 Å². The van der Waals surface area contributed by atoms with E-state index in [2.05, 4.69) is 10.3 Å². The Bertz CT molecular complexity index is 322. The lowest BCUT2D eigenvalue weighted by Gasteiger charge is -2.06. The fourth-order valence-electron chi connectivity index (χ4n) is 1.11. The van der Waals surface area contributed by atoms with Crippen LogP contribution in [-0.4, -0.2) is 36.7 Å². The van der Waals surface area contributed by atoms with Gasteiger partial charge in [0.1, 0.15) is 5.01 Å². The topological polar surface area (TPSA) is 28.2 Å². The smallest absolute Gasteiger partial charge is 0.303 e. The van der Waals surface area contributed by atoms with E-state index in [0.717, 1.165) is 5.01 Å². The van der Waals surface area contributed by atoms with E-state index in [-0.39, 0.29) is 6.54 Å². The van der Waals surface area contributed by atoms with Crippen LogP contribution < -0.4 is 5.32 Å². The Kier molecular flexibility index (Phi) is 4.69. The summed E-state index contributed by atoms with van der Waals surface area (Å²) in [6.45, 7) is -0.110. The molecule has 0 amide bonds. The summed E-state index contributed by atoms with van der Waals surface area (Å²) >= 11 is 1.46. The lowest BCUT2D eigenvalue weighted by atomic mass is 10.4. The highest BCUT2D eigenvalue weighted by Crippen LogP contribution is 2.14. The average molecular weight is 253 g/mol. The van der Waals surface area contributed by atoms with Gasteiger partial charge in [0, 0.05) is 18.5 Å². The van der Waals surface area contributed by atoms with Gasteiger partial charge in [-0.15, -0.1) is 11.3 Å². The fourth-order valence-corrected chi connectivity index (χ4v) is 2.02. The van der Waals surface area contributed by atoms with Crippen molar-refractivity contribution in [3.63, 3.8) is 0 Å². The van der Waals surface area contributed by atoms with Crippen molar-refractivity contribution in [2.75, 3.05) is 20.6 Å². The predicted octanol–water partition coefficient (Wildman–Crippen LogP) is 1.86. The average Bonchev–Trinajstić information content (AvgIpc) is 2.49. The van der Waals surface area contributed by atoms with Crippen LogP contribution >= 0.6 is 11.3 Å². The van der Waals surface area contributed by atoms with Gasteiger partial charge in [0.25, 0.3) is 0 Å². The van der Waals surface area contributed by atoms with Crippen molar-refractivity contribution in [3.05, 3.63) is 16.1 Å². The quantitative estimate of drug-likeness (QED) is 0.868. The zero-order valence-corrected chi connectivity index (χ0v) is 9.95. The first-order valence-electron chi connectivity index (χ1n) is 4.72. The Balaban J connectivity index is 2.35. The Labute approximate surface area is 96.3 Å². The van der Waals surface area contributed by atoms with Crippen molar-refractivity contribution < 1.29 is 13.2 Å². The minimum Gasteiger partial charge on any atom is -0.303 e. The van der Waals surface area contributed by atoms with Crippen LogP contribution in [0.3, 0.4) is 0 Å². The molecule has 1 aromatic heterocycles. The van der Waals surface area contributed by atoms with Crippen LogP contribution in [0.5, 0.6) is 0 Å². The van der Waals surface area contributed by atoms with Crippen molar-refractivity contribution in [2.45, 2.75) is 19.3 Å². The van der Waals surface area contributed by atoms with E-state index in [4.69, 9.17) is 0 Å². The van der Waals surface area contributed by atoms with Crippen LogP contribution in [0, 0.1) is 0 Å². The van der Waals surface area contributed by atoms with Gasteiger partial charge in [-0.3, -0.25) is 0 Å². The molecular formula is C9H14F3N3S. The first-order valence-corrected chi connectivity index (χ1v) is 5.60. The number of hydrogen-bond donors (Lipinski definition) is 1. The van der Waals surface area contributed by atoms with E-state index in [9.17, 15) is 13.2 Å². The van der Waals surface area contributed by atoms with Crippen LogP contribution in [-0.2, 0) is 13.1 Å². The molecule has 0 aliphatic rings. The molecule has 0 unspecified atom stereocenters. The van der Waals surface area contributed by atoms with Crippen molar-refractivity contribution in [2.24, 2.45) is 0 Å². The lowest BCUT2D eigenvalue weighted by Crippen LogP contribution is -2.28. The molecule has 0 spiro atoms. The van der Waals surface area contributed by atoms with Crippen LogP contribution in [0.4, 0.5) is 13.2 Å². The number of hydrogen-bond acceptors (Lipinski definition) is 4. The van der Waals surface area contributed by atoms with Gasteiger partial charge >= 0.3 is 6.18 Å². The summed E-state index contributed by atoms with van der Waals surface area (Å²) in [5.41, 5.74) is 0.658. The molecule has 0 aliphatic carbocycles. The number of halogens is 3. The normalized spacial score (nSPS) is 12.4. The van der Waals surface area contributed by atoms with Gasteiger partial charge in [-0.05, 0) is 14.1 Å². The zero-order chi connectivity index (χ0) is 12.2. The van der Waals surface area contributed by atoms with Gasteiger partial charge in [-0.25, -0.2) is 4.98 Å². The largest absolute Gasteiger partial charge is 0.401 e. The maximum absolute atomic E-state index is 11.8. The Morgan fingerprint density at radius 3 is 2.69 bits per heavy atom. The van der Waals surface area contributed by atoms with Gasteiger partial charge in [0.2, 0.25) is 0 Å². The maximum Gasteiger partial charge on any atom is 0.401 e. The number of rotatable bonds is 5. The molecule has 1 heterocycles.